The summed E-state index contributed by atoms with van der Waals surface area (Å²) in [5, 5.41) is 14.6. The molecular formula is C20H37N7O5. The van der Waals surface area contributed by atoms with E-state index in [-0.39, 0.29) is 11.9 Å². The molecule has 0 aromatic heterocycles. The Hall–Kier alpha value is -2.89. The summed E-state index contributed by atoms with van der Waals surface area (Å²) in [6.07, 6.45) is 2.46. The molecule has 0 spiro atoms. The van der Waals surface area contributed by atoms with E-state index in [2.05, 4.69) is 15.6 Å². The summed E-state index contributed by atoms with van der Waals surface area (Å²) >= 11 is 0. The van der Waals surface area contributed by atoms with Crippen molar-refractivity contribution in [2.24, 2.45) is 28.1 Å². The minimum Gasteiger partial charge on any atom is -0.480 e. The number of guanidine groups is 1. The van der Waals surface area contributed by atoms with E-state index in [1.54, 1.807) is 6.92 Å². The smallest absolute Gasteiger partial charge is 0.326 e. The highest BCUT2D eigenvalue weighted by molar-refractivity contribution is 5.94. The van der Waals surface area contributed by atoms with Gasteiger partial charge in [0.25, 0.3) is 0 Å². The Morgan fingerprint density at radius 1 is 1.19 bits per heavy atom. The van der Waals surface area contributed by atoms with Crippen molar-refractivity contribution in [1.29, 1.82) is 0 Å². The summed E-state index contributed by atoms with van der Waals surface area (Å²) in [5.74, 6) is -2.81. The lowest BCUT2D eigenvalue weighted by Gasteiger charge is -2.29. The summed E-state index contributed by atoms with van der Waals surface area (Å²) in [6.45, 7) is 5.81. The lowest BCUT2D eigenvalue weighted by Crippen LogP contribution is -2.56. The summed E-state index contributed by atoms with van der Waals surface area (Å²) < 4.78 is 0. The molecule has 1 fully saturated rings. The second-order valence-electron chi connectivity index (χ2n) is 8.19. The molecule has 9 N–H and O–H groups in total. The van der Waals surface area contributed by atoms with Gasteiger partial charge in [0.2, 0.25) is 17.7 Å². The predicted octanol–water partition coefficient (Wildman–Crippen LogP) is -1.52. The fourth-order valence-electron chi connectivity index (χ4n) is 3.52. The predicted molar refractivity (Wildman–Crippen MR) is 119 cm³/mol. The Morgan fingerprint density at radius 3 is 2.41 bits per heavy atom. The number of hydrogen-bond acceptors (Lipinski definition) is 6. The van der Waals surface area contributed by atoms with Gasteiger partial charge in [-0.15, -0.1) is 0 Å². The molecule has 5 unspecified atom stereocenters. The Labute approximate surface area is 188 Å². The molecule has 0 bridgehead atoms. The summed E-state index contributed by atoms with van der Waals surface area (Å²) in [5.41, 5.74) is 16.4. The monoisotopic (exact) mass is 455 g/mol. The quantitative estimate of drug-likeness (QED) is 0.115. The van der Waals surface area contributed by atoms with Crippen molar-refractivity contribution < 1.29 is 24.3 Å². The number of carbonyl (C=O) groups excluding carboxylic acids is 3. The van der Waals surface area contributed by atoms with Crippen molar-refractivity contribution in [2.45, 2.75) is 77.0 Å². The maximum atomic E-state index is 12.9. The van der Waals surface area contributed by atoms with E-state index in [1.165, 1.54) is 11.8 Å². The van der Waals surface area contributed by atoms with Crippen molar-refractivity contribution in [1.82, 2.24) is 15.5 Å². The van der Waals surface area contributed by atoms with E-state index in [1.807, 2.05) is 6.92 Å². The van der Waals surface area contributed by atoms with Crippen LogP contribution in [0, 0.1) is 5.92 Å². The third kappa shape index (κ3) is 7.98. The molecule has 1 aliphatic heterocycles. The molecule has 0 aliphatic carbocycles. The van der Waals surface area contributed by atoms with Gasteiger partial charge in [0.15, 0.2) is 5.96 Å². The highest BCUT2D eigenvalue weighted by Gasteiger charge is 2.38. The average molecular weight is 456 g/mol. The number of nitrogens with zero attached hydrogens (tertiary/aromatic N) is 2. The number of likely N-dealkylation sites (tertiary alicyclic amines) is 1. The van der Waals surface area contributed by atoms with Gasteiger partial charge in [0, 0.05) is 13.1 Å². The van der Waals surface area contributed by atoms with Crippen LogP contribution in [0.25, 0.3) is 0 Å². The standard InChI is InChI=1S/C20H37N7O5/c1-4-11(2)15(19(31)32)26-17(29)14-8-6-10-27(14)18(30)12(3)25-16(28)13(21)7-5-9-24-20(22)23/h11-15H,4-10,21H2,1-3H3,(H,25,28)(H,26,29)(H,31,32)(H4,22,23,24). The fraction of sp³-hybridized carbons (Fsp3) is 0.750. The second-order valence-corrected chi connectivity index (χ2v) is 8.19. The van der Waals surface area contributed by atoms with Gasteiger partial charge in [-0.05, 0) is 38.5 Å². The molecule has 5 atom stereocenters. The van der Waals surface area contributed by atoms with Crippen LogP contribution in [0.1, 0.15) is 52.9 Å². The van der Waals surface area contributed by atoms with Gasteiger partial charge in [-0.2, -0.15) is 0 Å². The van der Waals surface area contributed by atoms with Gasteiger partial charge in [-0.1, -0.05) is 20.3 Å². The first-order chi connectivity index (χ1) is 15.0. The zero-order chi connectivity index (χ0) is 24.4. The van der Waals surface area contributed by atoms with Crippen molar-refractivity contribution in [2.75, 3.05) is 13.1 Å². The Morgan fingerprint density at radius 2 is 1.84 bits per heavy atom. The Kier molecular flexibility index (Phi) is 10.9. The molecule has 1 aliphatic rings. The van der Waals surface area contributed by atoms with Crippen molar-refractivity contribution >= 4 is 29.7 Å². The molecule has 1 rings (SSSR count). The van der Waals surface area contributed by atoms with Crippen LogP contribution < -0.4 is 27.8 Å². The van der Waals surface area contributed by atoms with Gasteiger partial charge < -0.3 is 37.8 Å². The molecule has 1 heterocycles. The van der Waals surface area contributed by atoms with Crippen LogP contribution in [0.3, 0.4) is 0 Å². The summed E-state index contributed by atoms with van der Waals surface area (Å²) in [6, 6.07) is -3.52. The van der Waals surface area contributed by atoms with Crippen molar-refractivity contribution in [3.8, 4) is 0 Å². The zero-order valence-corrected chi connectivity index (χ0v) is 19.0. The number of rotatable bonds is 12. The topological polar surface area (TPSA) is 206 Å². The third-order valence-corrected chi connectivity index (χ3v) is 5.65. The van der Waals surface area contributed by atoms with Crippen LogP contribution in [0.4, 0.5) is 0 Å². The normalized spacial score (nSPS) is 19.4. The molecule has 12 heteroatoms. The molecule has 0 radical (unpaired) electrons. The first kappa shape index (κ1) is 27.1. The van der Waals surface area contributed by atoms with Crippen molar-refractivity contribution in [3.63, 3.8) is 0 Å². The summed E-state index contributed by atoms with van der Waals surface area (Å²) in [7, 11) is 0. The largest absolute Gasteiger partial charge is 0.480 e. The van der Waals surface area contributed by atoms with Crippen LogP contribution in [0.5, 0.6) is 0 Å². The van der Waals surface area contributed by atoms with Gasteiger partial charge >= 0.3 is 5.97 Å². The maximum absolute atomic E-state index is 12.9. The molecule has 32 heavy (non-hydrogen) atoms. The van der Waals surface area contributed by atoms with Gasteiger partial charge in [0.1, 0.15) is 18.1 Å². The Balaban J connectivity index is 2.67. The highest BCUT2D eigenvalue weighted by atomic mass is 16.4. The van der Waals surface area contributed by atoms with Crippen LogP contribution in [0.15, 0.2) is 4.99 Å². The zero-order valence-electron chi connectivity index (χ0n) is 19.0. The van der Waals surface area contributed by atoms with Crippen LogP contribution in [-0.4, -0.2) is 76.9 Å². The second kappa shape index (κ2) is 12.8. The lowest BCUT2D eigenvalue weighted by molar-refractivity contribution is -0.145. The minimum atomic E-state index is -1.11. The van der Waals surface area contributed by atoms with Crippen LogP contribution >= 0.6 is 0 Å². The number of aliphatic carboxylic acids is 1. The number of carboxylic acid groups (broad SMARTS) is 1. The number of carbonyl (C=O) groups is 4. The minimum absolute atomic E-state index is 0.0368. The molecule has 1 saturated heterocycles. The average Bonchev–Trinajstić information content (AvgIpc) is 3.23. The van der Waals surface area contributed by atoms with Crippen molar-refractivity contribution in [3.05, 3.63) is 0 Å². The van der Waals surface area contributed by atoms with Crippen LogP contribution in [0.2, 0.25) is 0 Å². The molecule has 12 nitrogen and oxygen atoms in total. The fourth-order valence-corrected chi connectivity index (χ4v) is 3.52. The first-order valence-corrected chi connectivity index (χ1v) is 10.9. The van der Waals surface area contributed by atoms with Crippen LogP contribution in [-0.2, 0) is 19.2 Å². The SMILES string of the molecule is CCC(C)C(NC(=O)C1CCCN1C(=O)C(C)NC(=O)C(N)CCCN=C(N)N)C(=O)O. The van der Waals surface area contributed by atoms with Gasteiger partial charge in [-0.25, -0.2) is 4.79 Å². The lowest BCUT2D eigenvalue weighted by atomic mass is 9.98. The molecule has 0 aromatic rings. The molecule has 182 valence electrons. The number of nitrogens with two attached hydrogens (primary N) is 3. The number of carboxylic acids is 1. The molecule has 3 amide bonds. The number of hydrogen-bond donors (Lipinski definition) is 6. The summed E-state index contributed by atoms with van der Waals surface area (Å²) in [4.78, 5) is 54.7. The molecule has 0 saturated carbocycles. The third-order valence-electron chi connectivity index (χ3n) is 5.65. The first-order valence-electron chi connectivity index (χ1n) is 10.9. The van der Waals surface area contributed by atoms with E-state index < -0.39 is 47.9 Å². The van der Waals surface area contributed by atoms with Gasteiger partial charge in [-0.3, -0.25) is 19.4 Å². The number of aliphatic imine (C=N–C) groups is 1. The molecule has 0 aromatic carbocycles. The Bertz CT molecular complexity index is 710. The van der Waals surface area contributed by atoms with E-state index in [0.717, 1.165) is 0 Å². The number of nitrogens with one attached hydrogen (secondary N) is 2. The highest BCUT2D eigenvalue weighted by Crippen LogP contribution is 2.20. The van der Waals surface area contributed by atoms with E-state index in [4.69, 9.17) is 17.2 Å². The van der Waals surface area contributed by atoms with E-state index >= 15 is 0 Å². The maximum Gasteiger partial charge on any atom is 0.326 e. The van der Waals surface area contributed by atoms with Gasteiger partial charge in [0.05, 0.1) is 6.04 Å². The van der Waals surface area contributed by atoms with E-state index in [9.17, 15) is 24.3 Å². The number of amides is 3. The molecular weight excluding hydrogens is 418 g/mol. The van der Waals surface area contributed by atoms with E-state index in [0.29, 0.717) is 45.2 Å².